The van der Waals surface area contributed by atoms with E-state index in [4.69, 9.17) is 22.1 Å². The van der Waals surface area contributed by atoms with Crippen molar-refractivity contribution < 1.29 is 19.4 Å². The van der Waals surface area contributed by atoms with E-state index >= 15 is 0 Å². The molecule has 0 aliphatic carbocycles. The molecule has 0 spiro atoms. The number of hydrogen-bond donors (Lipinski definition) is 3. The lowest BCUT2D eigenvalue weighted by atomic mass is 10.2. The third-order valence-electron chi connectivity index (χ3n) is 4.90. The number of nitrogen functional groups attached to an aromatic ring is 1. The van der Waals surface area contributed by atoms with Crippen molar-refractivity contribution in [2.45, 2.75) is 26.8 Å². The van der Waals surface area contributed by atoms with E-state index in [2.05, 4.69) is 15.3 Å². The number of aromatic nitrogens is 2. The molecule has 0 unspecified atom stereocenters. The summed E-state index contributed by atoms with van der Waals surface area (Å²) in [6.07, 6.45) is 1.68. The van der Waals surface area contributed by atoms with Crippen LogP contribution in [0.15, 0.2) is 65.2 Å². The van der Waals surface area contributed by atoms with E-state index < -0.39 is 5.91 Å². The molecule has 182 valence electrons. The molecule has 0 bridgehead atoms. The van der Waals surface area contributed by atoms with Crippen LogP contribution in [0.2, 0.25) is 5.02 Å². The predicted octanol–water partition coefficient (Wildman–Crippen LogP) is 4.66. The second-order valence-electron chi connectivity index (χ2n) is 7.48. The van der Waals surface area contributed by atoms with Crippen LogP contribution < -0.4 is 15.8 Å². The first kappa shape index (κ1) is 26.2. The van der Waals surface area contributed by atoms with Gasteiger partial charge in [-0.2, -0.15) is 0 Å². The number of amides is 1. The number of aryl methyl sites for hydroxylation is 1. The third kappa shape index (κ3) is 7.29. The number of para-hydroxylation sites is 1. The van der Waals surface area contributed by atoms with Gasteiger partial charge < -0.3 is 20.9 Å². The largest absolute Gasteiger partial charge is 0.457 e. The quantitative estimate of drug-likeness (QED) is 0.353. The minimum absolute atomic E-state index is 0.122. The van der Waals surface area contributed by atoms with Crippen LogP contribution in [0.4, 0.5) is 5.82 Å². The van der Waals surface area contributed by atoms with Gasteiger partial charge >= 0.3 is 0 Å². The summed E-state index contributed by atoms with van der Waals surface area (Å²) in [5.74, 6) is 1.31. The lowest BCUT2D eigenvalue weighted by Crippen LogP contribution is -2.25. The van der Waals surface area contributed by atoms with Crippen molar-refractivity contribution >= 4 is 40.2 Å². The Bertz CT molecular complexity index is 1250. The van der Waals surface area contributed by atoms with Crippen molar-refractivity contribution in [2.24, 2.45) is 0 Å². The number of halogens is 1. The highest BCUT2D eigenvalue weighted by Crippen LogP contribution is 2.34. The molecule has 0 atom stereocenters. The van der Waals surface area contributed by atoms with E-state index in [1.165, 1.54) is 6.07 Å². The Morgan fingerprint density at radius 3 is 2.63 bits per heavy atom. The number of rotatable bonds is 9. The molecule has 8 nitrogen and oxygen atoms in total. The summed E-state index contributed by atoms with van der Waals surface area (Å²) in [5.41, 5.74) is 7.01. The van der Waals surface area contributed by atoms with Crippen LogP contribution in [-0.2, 0) is 11.3 Å². The molecular formula is C25H25ClN4O4S. The van der Waals surface area contributed by atoms with Crippen LogP contribution in [0, 0.1) is 6.92 Å². The molecule has 0 saturated carbocycles. The van der Waals surface area contributed by atoms with Crippen LogP contribution in [0.5, 0.6) is 11.5 Å². The van der Waals surface area contributed by atoms with Gasteiger partial charge in [-0.1, -0.05) is 41.6 Å². The third-order valence-corrected chi connectivity index (χ3v) is 6.30. The van der Waals surface area contributed by atoms with E-state index in [0.29, 0.717) is 38.4 Å². The van der Waals surface area contributed by atoms with Crippen molar-refractivity contribution in [3.05, 3.63) is 87.2 Å². The number of benzene rings is 2. The number of nitrogens with one attached hydrogen (secondary N) is 1. The van der Waals surface area contributed by atoms with Gasteiger partial charge in [-0.25, -0.2) is 9.97 Å². The summed E-state index contributed by atoms with van der Waals surface area (Å²) in [6.45, 7) is 3.20. The predicted molar refractivity (Wildman–Crippen MR) is 137 cm³/mol. The van der Waals surface area contributed by atoms with Gasteiger partial charge in [-0.3, -0.25) is 9.59 Å². The van der Waals surface area contributed by atoms with Crippen LogP contribution in [0.3, 0.4) is 0 Å². The molecule has 10 heteroatoms. The SMILES string of the molecule is C/C(C(=O)NCc1cnc(C)nc1N)=C(\CCO)SC(=O)c1cc(Cl)ccc1Oc1ccccc1. The number of hydrogen-bond acceptors (Lipinski definition) is 8. The molecule has 0 aliphatic rings. The van der Waals surface area contributed by atoms with Gasteiger partial charge in [0.2, 0.25) is 11.0 Å². The Hall–Kier alpha value is -3.40. The zero-order valence-corrected chi connectivity index (χ0v) is 20.8. The second-order valence-corrected chi connectivity index (χ2v) is 8.98. The van der Waals surface area contributed by atoms with E-state index in [1.807, 2.05) is 18.2 Å². The summed E-state index contributed by atoms with van der Waals surface area (Å²) in [4.78, 5) is 34.6. The van der Waals surface area contributed by atoms with Crippen molar-refractivity contribution in [1.82, 2.24) is 15.3 Å². The van der Waals surface area contributed by atoms with E-state index in [1.54, 1.807) is 44.3 Å². The number of nitrogens with zero attached hydrogens (tertiary/aromatic N) is 2. The second kappa shape index (κ2) is 12.3. The number of carbonyl (C=O) groups excluding carboxylic acids is 2. The Morgan fingerprint density at radius 1 is 1.20 bits per heavy atom. The minimum Gasteiger partial charge on any atom is -0.457 e. The highest BCUT2D eigenvalue weighted by atomic mass is 35.5. The van der Waals surface area contributed by atoms with E-state index in [0.717, 1.165) is 11.8 Å². The van der Waals surface area contributed by atoms with Gasteiger partial charge in [0.15, 0.2) is 0 Å². The van der Waals surface area contributed by atoms with Gasteiger partial charge in [0.1, 0.15) is 23.1 Å². The van der Waals surface area contributed by atoms with Crippen LogP contribution in [0.1, 0.15) is 35.1 Å². The number of ether oxygens (including phenoxy) is 1. The molecule has 1 heterocycles. The maximum atomic E-state index is 13.2. The van der Waals surface area contributed by atoms with Gasteiger partial charge in [0.05, 0.1) is 5.56 Å². The smallest absolute Gasteiger partial charge is 0.247 e. The number of aliphatic hydroxyl groups excluding tert-OH is 1. The number of carbonyl (C=O) groups is 2. The lowest BCUT2D eigenvalue weighted by molar-refractivity contribution is -0.117. The Morgan fingerprint density at radius 2 is 1.94 bits per heavy atom. The minimum atomic E-state index is -0.402. The first-order chi connectivity index (χ1) is 16.8. The zero-order chi connectivity index (χ0) is 25.4. The molecular weight excluding hydrogens is 488 g/mol. The molecule has 0 saturated heterocycles. The Labute approximate surface area is 212 Å². The van der Waals surface area contributed by atoms with Crippen molar-refractivity contribution in [3.63, 3.8) is 0 Å². The van der Waals surface area contributed by atoms with Crippen molar-refractivity contribution in [2.75, 3.05) is 12.3 Å². The maximum Gasteiger partial charge on any atom is 0.247 e. The number of nitrogens with two attached hydrogens (primary N) is 1. The average Bonchev–Trinajstić information content (AvgIpc) is 2.84. The summed E-state index contributed by atoms with van der Waals surface area (Å²) in [7, 11) is 0. The fourth-order valence-corrected chi connectivity index (χ4v) is 4.14. The normalized spacial score (nSPS) is 11.5. The van der Waals surface area contributed by atoms with Crippen LogP contribution in [0.25, 0.3) is 0 Å². The van der Waals surface area contributed by atoms with Gasteiger partial charge in [0, 0.05) is 46.8 Å². The van der Waals surface area contributed by atoms with E-state index in [-0.39, 0.29) is 36.1 Å². The molecule has 0 fully saturated rings. The molecule has 4 N–H and O–H groups in total. The molecule has 0 radical (unpaired) electrons. The monoisotopic (exact) mass is 512 g/mol. The highest BCUT2D eigenvalue weighted by Gasteiger charge is 2.20. The fourth-order valence-electron chi connectivity index (χ4n) is 3.03. The van der Waals surface area contributed by atoms with Gasteiger partial charge in [-0.05, 0) is 44.2 Å². The average molecular weight is 513 g/mol. The first-order valence-electron chi connectivity index (χ1n) is 10.7. The summed E-state index contributed by atoms with van der Waals surface area (Å²) in [5, 5.41) is 12.3. The Balaban J connectivity index is 1.79. The molecule has 1 amide bonds. The summed E-state index contributed by atoms with van der Waals surface area (Å²) >= 11 is 6.99. The van der Waals surface area contributed by atoms with Crippen LogP contribution in [-0.4, -0.2) is 32.7 Å². The van der Waals surface area contributed by atoms with E-state index in [9.17, 15) is 14.7 Å². The zero-order valence-electron chi connectivity index (χ0n) is 19.2. The van der Waals surface area contributed by atoms with Gasteiger partial charge in [-0.15, -0.1) is 0 Å². The molecule has 3 aromatic rings. The number of thioether (sulfide) groups is 1. The first-order valence-corrected chi connectivity index (χ1v) is 11.9. The highest BCUT2D eigenvalue weighted by molar-refractivity contribution is 8.17. The van der Waals surface area contributed by atoms with Gasteiger partial charge in [0.25, 0.3) is 0 Å². The summed E-state index contributed by atoms with van der Waals surface area (Å²) in [6, 6.07) is 13.8. The molecule has 0 aliphatic heterocycles. The molecule has 2 aromatic carbocycles. The van der Waals surface area contributed by atoms with Crippen molar-refractivity contribution in [3.8, 4) is 11.5 Å². The topological polar surface area (TPSA) is 127 Å². The number of aliphatic hydroxyl groups is 1. The molecule has 3 rings (SSSR count). The maximum absolute atomic E-state index is 13.2. The Kier molecular flexibility index (Phi) is 9.25. The lowest BCUT2D eigenvalue weighted by Gasteiger charge is -2.14. The standard InChI is InChI=1S/C25H25ClN4O4S/c1-15(24(32)29-14-17-13-28-16(2)30-23(17)27)22(10-11-31)35-25(33)20-12-18(26)8-9-21(20)34-19-6-4-3-5-7-19/h3-9,12-13,31H,10-11,14H2,1-2H3,(H,29,32)(H2,27,28,30)/b22-15-. The molecule has 35 heavy (non-hydrogen) atoms. The fraction of sp³-hybridized carbons (Fsp3) is 0.200. The summed E-state index contributed by atoms with van der Waals surface area (Å²) < 4.78 is 5.88. The molecule has 1 aromatic heterocycles. The van der Waals surface area contributed by atoms with Crippen molar-refractivity contribution in [1.29, 1.82) is 0 Å². The van der Waals surface area contributed by atoms with Crippen LogP contribution >= 0.6 is 23.4 Å². The number of anilines is 1.